The lowest BCUT2D eigenvalue weighted by Crippen LogP contribution is -2.30. The molecule has 0 radical (unpaired) electrons. The van der Waals surface area contributed by atoms with Crippen molar-refractivity contribution in [3.05, 3.63) is 24.3 Å². The van der Waals surface area contributed by atoms with Crippen molar-refractivity contribution in [3.63, 3.8) is 0 Å². The number of hydrogen-bond donors (Lipinski definition) is 2. The van der Waals surface area contributed by atoms with E-state index in [0.717, 1.165) is 83.5 Å². The molecule has 0 aliphatic rings. The molecular formula is C62H117O11P. The van der Waals surface area contributed by atoms with Crippen LogP contribution in [-0.2, 0) is 42.2 Å². The molecule has 0 amide bonds. The van der Waals surface area contributed by atoms with Crippen molar-refractivity contribution in [3.8, 4) is 0 Å². The summed E-state index contributed by atoms with van der Waals surface area (Å²) in [6, 6.07) is 0. The minimum atomic E-state index is -4.75. The Morgan fingerprint density at radius 3 is 0.946 bits per heavy atom. The normalized spacial score (nSPS) is 13.4. The number of allylic oxidation sites excluding steroid dienone is 4. The predicted molar refractivity (Wildman–Crippen MR) is 307 cm³/mol. The van der Waals surface area contributed by atoms with Gasteiger partial charge in [0.05, 0.1) is 19.8 Å². The molecule has 0 aliphatic heterocycles. The summed E-state index contributed by atoms with van der Waals surface area (Å²) in [5, 5.41) is 9.82. The second kappa shape index (κ2) is 57.1. The number of aliphatic hydroxyl groups is 1. The molecule has 0 fully saturated rings. The van der Waals surface area contributed by atoms with Crippen LogP contribution in [0.15, 0.2) is 24.3 Å². The van der Waals surface area contributed by atoms with E-state index < -0.39 is 57.8 Å². The third-order valence-electron chi connectivity index (χ3n) is 13.8. The highest BCUT2D eigenvalue weighted by molar-refractivity contribution is 7.47. The molecule has 3 unspecified atom stereocenters. The minimum Gasteiger partial charge on any atom is -0.462 e. The van der Waals surface area contributed by atoms with Gasteiger partial charge < -0.3 is 24.2 Å². The summed E-state index contributed by atoms with van der Waals surface area (Å²) in [7, 11) is -4.75. The van der Waals surface area contributed by atoms with Crippen molar-refractivity contribution < 1.29 is 52.2 Å². The van der Waals surface area contributed by atoms with Gasteiger partial charge in [0, 0.05) is 19.3 Å². The topological polar surface area (TPSA) is 155 Å². The highest BCUT2D eigenvalue weighted by atomic mass is 31.2. The monoisotopic (exact) mass is 1070 g/mol. The van der Waals surface area contributed by atoms with E-state index in [1.165, 1.54) is 173 Å². The average molecular weight is 1070 g/mol. The van der Waals surface area contributed by atoms with Crippen molar-refractivity contribution >= 4 is 25.7 Å². The zero-order valence-electron chi connectivity index (χ0n) is 48.3. The molecule has 74 heavy (non-hydrogen) atoms. The van der Waals surface area contributed by atoms with Crippen LogP contribution in [0.25, 0.3) is 0 Å². The molecule has 0 aromatic rings. The quantitative estimate of drug-likeness (QED) is 0.0197. The van der Waals surface area contributed by atoms with E-state index in [1.54, 1.807) is 0 Å². The van der Waals surface area contributed by atoms with Gasteiger partial charge in [0.25, 0.3) is 0 Å². The highest BCUT2D eigenvalue weighted by Gasteiger charge is 2.28. The van der Waals surface area contributed by atoms with E-state index in [-0.39, 0.29) is 25.9 Å². The van der Waals surface area contributed by atoms with Gasteiger partial charge in [0.15, 0.2) is 6.10 Å². The average Bonchev–Trinajstić information content (AvgIpc) is 3.39. The van der Waals surface area contributed by atoms with Crippen molar-refractivity contribution in [2.24, 2.45) is 0 Å². The maximum Gasteiger partial charge on any atom is 0.472 e. The number of phosphoric acid groups is 1. The highest BCUT2D eigenvalue weighted by Crippen LogP contribution is 2.43. The minimum absolute atomic E-state index is 0.171. The Bertz CT molecular complexity index is 1340. The summed E-state index contributed by atoms with van der Waals surface area (Å²) in [4.78, 5) is 48.6. The number of carbonyl (C=O) groups is 3. The van der Waals surface area contributed by atoms with Gasteiger partial charge >= 0.3 is 25.7 Å². The molecule has 2 N–H and O–H groups in total. The van der Waals surface area contributed by atoms with Crippen LogP contribution in [0.3, 0.4) is 0 Å². The number of ether oxygens (including phenoxy) is 3. The van der Waals surface area contributed by atoms with Gasteiger partial charge in [-0.15, -0.1) is 0 Å². The number of carbonyl (C=O) groups excluding carboxylic acids is 3. The number of rotatable bonds is 59. The van der Waals surface area contributed by atoms with Crippen LogP contribution in [0.5, 0.6) is 0 Å². The molecule has 11 nitrogen and oxygen atoms in total. The van der Waals surface area contributed by atoms with E-state index >= 15 is 0 Å². The fourth-order valence-electron chi connectivity index (χ4n) is 9.05. The van der Waals surface area contributed by atoms with Crippen LogP contribution in [0.1, 0.15) is 316 Å². The fraction of sp³-hybridized carbons (Fsp3) is 0.887. The van der Waals surface area contributed by atoms with Crippen LogP contribution in [0.2, 0.25) is 0 Å². The van der Waals surface area contributed by atoms with Crippen molar-refractivity contribution in [1.29, 1.82) is 0 Å². The smallest absolute Gasteiger partial charge is 0.462 e. The predicted octanol–water partition coefficient (Wildman–Crippen LogP) is 18.6. The molecule has 12 heteroatoms. The third-order valence-corrected chi connectivity index (χ3v) is 14.8. The van der Waals surface area contributed by atoms with Gasteiger partial charge in [0.2, 0.25) is 0 Å². The Morgan fingerprint density at radius 1 is 0.365 bits per heavy atom. The SMILES string of the molecule is CCCCCC/C=C\CCCCCCCC(=O)OC(CO)COP(=O)(O)OCC(COC(=O)CCCCCCCCC/C=C\CCCCCCCC)OC(=O)CCCCCCCCCCCCCCCCCCC. The Hall–Kier alpha value is -2.04. The maximum atomic E-state index is 12.9. The summed E-state index contributed by atoms with van der Waals surface area (Å²) in [5.41, 5.74) is 0. The maximum absolute atomic E-state index is 12.9. The molecule has 0 aromatic carbocycles. The Morgan fingerprint density at radius 2 is 0.622 bits per heavy atom. The summed E-state index contributed by atoms with van der Waals surface area (Å²) >= 11 is 0. The molecule has 0 aromatic heterocycles. The van der Waals surface area contributed by atoms with E-state index in [9.17, 15) is 28.9 Å². The van der Waals surface area contributed by atoms with Gasteiger partial charge in [-0.3, -0.25) is 23.4 Å². The van der Waals surface area contributed by atoms with Gasteiger partial charge in [-0.2, -0.15) is 0 Å². The van der Waals surface area contributed by atoms with Crippen LogP contribution >= 0.6 is 7.82 Å². The largest absolute Gasteiger partial charge is 0.472 e. The third kappa shape index (κ3) is 54.7. The number of unbranched alkanes of at least 4 members (excludes halogenated alkanes) is 38. The molecule has 0 saturated carbocycles. The standard InChI is InChI=1S/C62H117O11P/c1-4-7-10-13-16-19-22-25-27-29-31-34-36-39-42-45-48-51-60(64)69-55-59(73-62(66)53-50-47-44-41-38-35-32-30-28-26-23-20-17-14-11-8-5-2)57-71-74(67,68)70-56-58(54-63)72-61(65)52-49-46-43-40-37-33-24-21-18-15-12-9-6-3/h21,24-25,27,58-59,63H,4-20,22-23,26,28-57H2,1-3H3,(H,67,68)/b24-21-,27-25-. The van der Waals surface area contributed by atoms with E-state index in [0.29, 0.717) is 19.3 Å². The number of phosphoric ester groups is 1. The lowest BCUT2D eigenvalue weighted by molar-refractivity contribution is -0.161. The van der Waals surface area contributed by atoms with Crippen LogP contribution in [-0.4, -0.2) is 66.5 Å². The Labute approximate surface area is 455 Å². The Balaban J connectivity index is 4.68. The van der Waals surface area contributed by atoms with E-state index in [1.807, 2.05) is 0 Å². The van der Waals surface area contributed by atoms with Crippen molar-refractivity contribution in [2.45, 2.75) is 328 Å². The molecule has 0 spiro atoms. The molecule has 436 valence electrons. The van der Waals surface area contributed by atoms with Gasteiger partial charge in [0.1, 0.15) is 12.7 Å². The zero-order valence-corrected chi connectivity index (χ0v) is 49.2. The van der Waals surface area contributed by atoms with Crippen molar-refractivity contribution in [2.75, 3.05) is 26.4 Å². The lowest BCUT2D eigenvalue weighted by Gasteiger charge is -2.21. The number of esters is 3. The fourth-order valence-corrected chi connectivity index (χ4v) is 9.84. The van der Waals surface area contributed by atoms with Gasteiger partial charge in [-0.25, -0.2) is 4.57 Å². The summed E-state index contributed by atoms with van der Waals surface area (Å²) in [6.45, 7) is 4.68. The first-order valence-electron chi connectivity index (χ1n) is 31.2. The number of aliphatic hydroxyl groups excluding tert-OH is 1. The van der Waals surface area contributed by atoms with Crippen molar-refractivity contribution in [1.82, 2.24) is 0 Å². The summed E-state index contributed by atoms with van der Waals surface area (Å²) < 4.78 is 39.6. The first-order valence-corrected chi connectivity index (χ1v) is 32.7. The van der Waals surface area contributed by atoms with E-state index in [4.69, 9.17) is 23.3 Å². The molecule has 0 aliphatic carbocycles. The molecule has 3 atom stereocenters. The zero-order chi connectivity index (χ0) is 54.1. The van der Waals surface area contributed by atoms with Gasteiger partial charge in [-0.1, -0.05) is 251 Å². The van der Waals surface area contributed by atoms with Gasteiger partial charge in [-0.05, 0) is 70.6 Å². The van der Waals surface area contributed by atoms with Crippen LogP contribution < -0.4 is 0 Å². The lowest BCUT2D eigenvalue weighted by atomic mass is 10.0. The molecule has 0 bridgehead atoms. The number of hydrogen-bond acceptors (Lipinski definition) is 10. The second-order valence-corrected chi connectivity index (χ2v) is 22.7. The molecular weight excluding hydrogens is 952 g/mol. The second-order valence-electron chi connectivity index (χ2n) is 21.2. The van der Waals surface area contributed by atoms with Crippen LogP contribution in [0, 0.1) is 0 Å². The summed E-state index contributed by atoms with van der Waals surface area (Å²) in [5.74, 6) is -1.45. The molecule has 0 heterocycles. The summed E-state index contributed by atoms with van der Waals surface area (Å²) in [6.07, 6.45) is 58.4. The Kier molecular flexibility index (Phi) is 55.6. The molecule has 0 rings (SSSR count). The van der Waals surface area contributed by atoms with Crippen LogP contribution in [0.4, 0.5) is 0 Å². The first-order chi connectivity index (χ1) is 36.2. The first kappa shape index (κ1) is 72.0. The molecule has 0 saturated heterocycles. The van der Waals surface area contributed by atoms with E-state index in [2.05, 4.69) is 45.1 Å².